The normalized spacial score (nSPS) is 11.5. The SMILES string of the molecule is c1ccc(-c2ccccc2-c2ccc(N(c3ccc(-c4cccc5c6ccccc6n(-c6ccccc6)c45)cc3)c3ccc4oc5ccccc5c4c3)cc2)cc1. The highest BCUT2D eigenvalue weighted by Crippen LogP contribution is 2.42. The number of furan rings is 1. The van der Waals surface area contributed by atoms with Crippen molar-refractivity contribution in [2.24, 2.45) is 0 Å². The third-order valence-electron chi connectivity index (χ3n) is 11.2. The molecule has 0 spiro atoms. The Morgan fingerprint density at radius 3 is 1.56 bits per heavy atom. The highest BCUT2D eigenvalue weighted by atomic mass is 16.3. The van der Waals surface area contributed by atoms with Crippen LogP contribution in [0.4, 0.5) is 17.1 Å². The summed E-state index contributed by atoms with van der Waals surface area (Å²) in [5.41, 5.74) is 15.7. The van der Waals surface area contributed by atoms with Crippen LogP contribution in [0, 0.1) is 0 Å². The Labute approximate surface area is 330 Å². The summed E-state index contributed by atoms with van der Waals surface area (Å²) in [4.78, 5) is 2.35. The zero-order valence-electron chi connectivity index (χ0n) is 31.1. The minimum atomic E-state index is 0.880. The van der Waals surface area contributed by atoms with Crippen molar-refractivity contribution in [1.82, 2.24) is 4.57 Å². The Balaban J connectivity index is 1.05. The average Bonchev–Trinajstić information content (AvgIpc) is 3.83. The van der Waals surface area contributed by atoms with E-state index in [1.54, 1.807) is 0 Å². The Morgan fingerprint density at radius 1 is 0.333 bits per heavy atom. The van der Waals surface area contributed by atoms with E-state index in [0.29, 0.717) is 0 Å². The van der Waals surface area contributed by atoms with Crippen molar-refractivity contribution in [3.63, 3.8) is 0 Å². The number of rotatable bonds is 7. The topological polar surface area (TPSA) is 21.3 Å². The van der Waals surface area contributed by atoms with Gasteiger partial charge < -0.3 is 13.9 Å². The Hall–Kier alpha value is -7.62. The third kappa shape index (κ3) is 5.60. The monoisotopic (exact) mass is 728 g/mol. The summed E-state index contributed by atoms with van der Waals surface area (Å²) >= 11 is 0. The summed E-state index contributed by atoms with van der Waals surface area (Å²) in [5.74, 6) is 0. The van der Waals surface area contributed by atoms with Gasteiger partial charge in [0, 0.05) is 49.9 Å². The molecule has 0 saturated heterocycles. The van der Waals surface area contributed by atoms with Crippen LogP contribution in [0.15, 0.2) is 223 Å². The van der Waals surface area contributed by atoms with E-state index in [1.807, 2.05) is 12.1 Å². The number of anilines is 3. The fourth-order valence-electron chi connectivity index (χ4n) is 8.58. The van der Waals surface area contributed by atoms with Gasteiger partial charge in [0.25, 0.3) is 0 Å². The fraction of sp³-hybridized carbons (Fsp3) is 0. The van der Waals surface area contributed by atoms with E-state index in [1.165, 1.54) is 49.6 Å². The summed E-state index contributed by atoms with van der Waals surface area (Å²) in [6.45, 7) is 0. The summed E-state index contributed by atoms with van der Waals surface area (Å²) < 4.78 is 8.66. The Bertz CT molecular complexity index is 3210. The van der Waals surface area contributed by atoms with E-state index in [-0.39, 0.29) is 0 Å². The number of hydrogen-bond donors (Lipinski definition) is 0. The van der Waals surface area contributed by atoms with Crippen molar-refractivity contribution in [2.75, 3.05) is 4.90 Å². The number of benzene rings is 9. The van der Waals surface area contributed by atoms with Gasteiger partial charge in [0.2, 0.25) is 0 Å². The van der Waals surface area contributed by atoms with Crippen molar-refractivity contribution in [3.05, 3.63) is 218 Å². The van der Waals surface area contributed by atoms with Gasteiger partial charge in [-0.1, -0.05) is 152 Å². The molecule has 11 rings (SSSR count). The van der Waals surface area contributed by atoms with Crippen molar-refractivity contribution in [2.45, 2.75) is 0 Å². The highest BCUT2D eigenvalue weighted by Gasteiger charge is 2.19. The second kappa shape index (κ2) is 13.6. The van der Waals surface area contributed by atoms with Gasteiger partial charge in [-0.05, 0) is 94.5 Å². The molecule has 0 fully saturated rings. The quantitative estimate of drug-likeness (QED) is 0.163. The van der Waals surface area contributed by atoms with Crippen molar-refractivity contribution < 1.29 is 4.42 Å². The van der Waals surface area contributed by atoms with Crippen LogP contribution < -0.4 is 4.90 Å². The number of para-hydroxylation sites is 4. The van der Waals surface area contributed by atoms with Crippen LogP contribution in [-0.2, 0) is 0 Å². The lowest BCUT2D eigenvalue weighted by Gasteiger charge is -2.26. The molecule has 0 bridgehead atoms. The first kappa shape index (κ1) is 32.8. The van der Waals surface area contributed by atoms with Crippen LogP contribution in [0.2, 0.25) is 0 Å². The standard InChI is InChI=1S/C54H36N2O/c1-3-14-37(15-4-1)44-18-7-8-19-45(44)38-26-30-41(31-27-38)55(43-34-35-53-50(36-43)48-21-10-12-25-52(48)57-53)42-32-28-39(29-33-42)46-22-13-23-49-47-20-9-11-24-51(47)56(54(46)49)40-16-5-2-6-17-40/h1-36H. The maximum Gasteiger partial charge on any atom is 0.135 e. The van der Waals surface area contributed by atoms with Crippen LogP contribution in [0.5, 0.6) is 0 Å². The molecule has 0 aliphatic carbocycles. The Kier molecular flexibility index (Phi) is 7.82. The van der Waals surface area contributed by atoms with E-state index in [2.05, 4.69) is 216 Å². The van der Waals surface area contributed by atoms with Crippen LogP contribution in [0.25, 0.3) is 82.8 Å². The first-order chi connectivity index (χ1) is 28.3. The predicted octanol–water partition coefficient (Wildman–Crippen LogP) is 15.2. The number of fused-ring (bicyclic) bond motifs is 6. The molecule has 268 valence electrons. The molecule has 0 amide bonds. The van der Waals surface area contributed by atoms with E-state index in [0.717, 1.165) is 50.3 Å². The van der Waals surface area contributed by atoms with E-state index >= 15 is 0 Å². The first-order valence-corrected chi connectivity index (χ1v) is 19.4. The Morgan fingerprint density at radius 2 is 0.842 bits per heavy atom. The molecule has 57 heavy (non-hydrogen) atoms. The number of aromatic nitrogens is 1. The number of nitrogens with zero attached hydrogens (tertiary/aromatic N) is 2. The molecule has 9 aromatic carbocycles. The predicted molar refractivity (Wildman–Crippen MR) is 239 cm³/mol. The second-order valence-electron chi connectivity index (χ2n) is 14.5. The second-order valence-corrected chi connectivity index (χ2v) is 14.5. The maximum atomic E-state index is 6.25. The largest absolute Gasteiger partial charge is 0.456 e. The molecule has 0 aliphatic heterocycles. The lowest BCUT2D eigenvalue weighted by molar-refractivity contribution is 0.669. The maximum absolute atomic E-state index is 6.25. The fourth-order valence-corrected chi connectivity index (χ4v) is 8.58. The molecule has 0 unspecified atom stereocenters. The van der Waals surface area contributed by atoms with Gasteiger partial charge in [0.15, 0.2) is 0 Å². The molecule has 2 aromatic heterocycles. The molecule has 3 nitrogen and oxygen atoms in total. The van der Waals surface area contributed by atoms with Gasteiger partial charge >= 0.3 is 0 Å². The van der Waals surface area contributed by atoms with Gasteiger partial charge in [-0.2, -0.15) is 0 Å². The van der Waals surface area contributed by atoms with Crippen LogP contribution in [-0.4, -0.2) is 4.57 Å². The van der Waals surface area contributed by atoms with E-state index in [4.69, 9.17) is 4.42 Å². The smallest absolute Gasteiger partial charge is 0.135 e. The number of hydrogen-bond acceptors (Lipinski definition) is 2. The molecule has 0 N–H and O–H groups in total. The summed E-state index contributed by atoms with van der Waals surface area (Å²) in [6.07, 6.45) is 0. The van der Waals surface area contributed by atoms with Gasteiger partial charge in [-0.3, -0.25) is 0 Å². The molecular weight excluding hydrogens is 693 g/mol. The van der Waals surface area contributed by atoms with Gasteiger partial charge in [0.1, 0.15) is 11.2 Å². The minimum absolute atomic E-state index is 0.880. The zero-order chi connectivity index (χ0) is 37.7. The molecular formula is C54H36N2O. The summed E-state index contributed by atoms with van der Waals surface area (Å²) in [5, 5.41) is 4.70. The lowest BCUT2D eigenvalue weighted by Crippen LogP contribution is -2.09. The van der Waals surface area contributed by atoms with Gasteiger partial charge in [-0.15, -0.1) is 0 Å². The van der Waals surface area contributed by atoms with E-state index < -0.39 is 0 Å². The molecule has 0 atom stereocenters. The van der Waals surface area contributed by atoms with Gasteiger partial charge in [-0.25, -0.2) is 0 Å². The van der Waals surface area contributed by atoms with Crippen LogP contribution in [0.3, 0.4) is 0 Å². The van der Waals surface area contributed by atoms with Crippen molar-refractivity contribution in [1.29, 1.82) is 0 Å². The van der Waals surface area contributed by atoms with Crippen LogP contribution in [0.1, 0.15) is 0 Å². The average molecular weight is 729 g/mol. The first-order valence-electron chi connectivity index (χ1n) is 19.4. The summed E-state index contributed by atoms with van der Waals surface area (Å²) in [7, 11) is 0. The summed E-state index contributed by atoms with van der Waals surface area (Å²) in [6, 6.07) is 78.1. The molecule has 0 aliphatic rings. The van der Waals surface area contributed by atoms with Gasteiger partial charge in [0.05, 0.1) is 11.0 Å². The minimum Gasteiger partial charge on any atom is -0.456 e. The van der Waals surface area contributed by atoms with Crippen molar-refractivity contribution >= 4 is 60.8 Å². The molecule has 2 heterocycles. The van der Waals surface area contributed by atoms with Crippen LogP contribution >= 0.6 is 0 Å². The molecule has 3 heteroatoms. The third-order valence-corrected chi connectivity index (χ3v) is 11.2. The zero-order valence-corrected chi connectivity index (χ0v) is 31.1. The molecule has 0 radical (unpaired) electrons. The van der Waals surface area contributed by atoms with E-state index in [9.17, 15) is 0 Å². The molecule has 0 saturated carbocycles. The lowest BCUT2D eigenvalue weighted by atomic mass is 9.94. The molecule has 11 aromatic rings. The van der Waals surface area contributed by atoms with Crippen molar-refractivity contribution in [3.8, 4) is 39.1 Å². The highest BCUT2D eigenvalue weighted by molar-refractivity contribution is 6.14.